The van der Waals surface area contributed by atoms with Crippen LogP contribution < -0.4 is 0 Å². The summed E-state index contributed by atoms with van der Waals surface area (Å²) >= 11 is 0. The number of piperidine rings is 1. The molecule has 1 aromatic carbocycles. The average molecular weight is 296 g/mol. The van der Waals surface area contributed by atoms with Crippen molar-refractivity contribution in [1.29, 1.82) is 0 Å². The Labute approximate surface area is 131 Å². The Morgan fingerprint density at radius 2 is 2.23 bits per heavy atom. The van der Waals surface area contributed by atoms with Crippen LogP contribution >= 0.6 is 0 Å². The molecule has 0 spiro atoms. The molecule has 0 aliphatic carbocycles. The summed E-state index contributed by atoms with van der Waals surface area (Å²) in [6.45, 7) is 6.51. The largest absolute Gasteiger partial charge is 0.396 e. The number of nitrogens with zero attached hydrogens (tertiary/aromatic N) is 1. The van der Waals surface area contributed by atoms with Crippen molar-refractivity contribution in [3.05, 3.63) is 48.2 Å². The second-order valence-corrected chi connectivity index (χ2v) is 6.73. The zero-order chi connectivity index (χ0) is 15.1. The van der Waals surface area contributed by atoms with Crippen LogP contribution in [0.3, 0.4) is 0 Å². The minimum Gasteiger partial charge on any atom is -0.396 e. The third kappa shape index (κ3) is 2.11. The van der Waals surface area contributed by atoms with Crippen molar-refractivity contribution in [3.8, 4) is 0 Å². The summed E-state index contributed by atoms with van der Waals surface area (Å²) in [6, 6.07) is 9.13. The van der Waals surface area contributed by atoms with E-state index in [4.69, 9.17) is 0 Å². The number of para-hydroxylation sites is 1. The summed E-state index contributed by atoms with van der Waals surface area (Å²) in [6.07, 6.45) is 5.23. The fourth-order valence-corrected chi connectivity index (χ4v) is 4.50. The Morgan fingerprint density at radius 3 is 3.05 bits per heavy atom. The number of aliphatic hydroxyl groups excluding tert-OH is 1. The van der Waals surface area contributed by atoms with Gasteiger partial charge in [-0.15, -0.1) is 6.58 Å². The number of H-pyrrole nitrogens is 1. The van der Waals surface area contributed by atoms with Gasteiger partial charge in [0.05, 0.1) is 6.04 Å². The molecule has 0 bridgehead atoms. The van der Waals surface area contributed by atoms with Crippen LogP contribution in [0.25, 0.3) is 10.9 Å². The van der Waals surface area contributed by atoms with E-state index in [-0.39, 0.29) is 6.61 Å². The zero-order valence-electron chi connectivity index (χ0n) is 13.0. The number of aliphatic hydroxyl groups is 1. The minimum atomic E-state index is 0.279. The van der Waals surface area contributed by atoms with Gasteiger partial charge in [0.2, 0.25) is 0 Å². The molecule has 0 saturated carbocycles. The number of rotatable bonds is 3. The van der Waals surface area contributed by atoms with Crippen LogP contribution in [0.15, 0.2) is 36.9 Å². The molecule has 1 aromatic heterocycles. The van der Waals surface area contributed by atoms with E-state index in [9.17, 15) is 5.11 Å². The fourth-order valence-electron chi connectivity index (χ4n) is 4.50. The van der Waals surface area contributed by atoms with E-state index in [0.29, 0.717) is 17.9 Å². The third-order valence-electron chi connectivity index (χ3n) is 5.65. The van der Waals surface area contributed by atoms with Crippen molar-refractivity contribution < 1.29 is 5.11 Å². The lowest BCUT2D eigenvalue weighted by atomic mass is 9.77. The van der Waals surface area contributed by atoms with E-state index in [1.807, 2.05) is 0 Å². The predicted octanol–water partition coefficient (Wildman–Crippen LogP) is 3.27. The smallest absolute Gasteiger partial charge is 0.0504 e. The van der Waals surface area contributed by atoms with Gasteiger partial charge < -0.3 is 10.1 Å². The summed E-state index contributed by atoms with van der Waals surface area (Å²) in [4.78, 5) is 6.29. The molecule has 1 saturated heterocycles. The summed E-state index contributed by atoms with van der Waals surface area (Å²) in [7, 11) is 0. The van der Waals surface area contributed by atoms with Crippen molar-refractivity contribution in [3.63, 3.8) is 0 Å². The van der Waals surface area contributed by atoms with Gasteiger partial charge in [-0.3, -0.25) is 4.90 Å². The minimum absolute atomic E-state index is 0.279. The molecule has 0 radical (unpaired) electrons. The molecule has 3 atom stereocenters. The predicted molar refractivity (Wildman–Crippen MR) is 89.8 cm³/mol. The van der Waals surface area contributed by atoms with Crippen molar-refractivity contribution in [2.75, 3.05) is 19.7 Å². The molecular formula is C19H24N2O. The van der Waals surface area contributed by atoms with Crippen LogP contribution in [0.4, 0.5) is 0 Å². The lowest BCUT2D eigenvalue weighted by Crippen LogP contribution is -2.45. The highest BCUT2D eigenvalue weighted by Gasteiger charge is 2.38. The monoisotopic (exact) mass is 296 g/mol. The van der Waals surface area contributed by atoms with E-state index in [1.165, 1.54) is 22.2 Å². The molecule has 2 aromatic rings. The first-order valence-electron chi connectivity index (χ1n) is 8.38. The summed E-state index contributed by atoms with van der Waals surface area (Å²) in [5, 5.41) is 10.8. The Bertz CT molecular complexity index is 690. The third-order valence-corrected chi connectivity index (χ3v) is 5.65. The highest BCUT2D eigenvalue weighted by atomic mass is 16.3. The molecule has 3 heteroatoms. The fraction of sp³-hybridized carbons (Fsp3) is 0.474. The molecule has 2 N–H and O–H groups in total. The molecule has 0 amide bonds. The molecular weight excluding hydrogens is 272 g/mol. The van der Waals surface area contributed by atoms with Crippen LogP contribution in [0.1, 0.15) is 30.1 Å². The van der Waals surface area contributed by atoms with Gasteiger partial charge in [-0.25, -0.2) is 0 Å². The van der Waals surface area contributed by atoms with Crippen molar-refractivity contribution in [2.45, 2.75) is 25.3 Å². The molecule has 3 nitrogen and oxygen atoms in total. The number of hydrogen-bond donors (Lipinski definition) is 2. The topological polar surface area (TPSA) is 39.3 Å². The molecule has 0 unspecified atom stereocenters. The van der Waals surface area contributed by atoms with Crippen LogP contribution in [0, 0.1) is 11.8 Å². The maximum atomic E-state index is 9.38. The van der Waals surface area contributed by atoms with E-state index >= 15 is 0 Å². The molecule has 1 fully saturated rings. The van der Waals surface area contributed by atoms with Crippen molar-refractivity contribution in [1.82, 2.24) is 9.88 Å². The van der Waals surface area contributed by atoms with Gasteiger partial charge in [0, 0.05) is 36.3 Å². The number of benzene rings is 1. The second-order valence-electron chi connectivity index (χ2n) is 6.73. The lowest BCUT2D eigenvalue weighted by Gasteiger charge is -2.45. The van der Waals surface area contributed by atoms with Gasteiger partial charge in [0.25, 0.3) is 0 Å². The van der Waals surface area contributed by atoms with Gasteiger partial charge in [0.1, 0.15) is 0 Å². The SMILES string of the molecule is C=C[C@@H]1CN2CCc3c([nH]c4ccccc34)[C@@H]2C[C@@H]1CCO. The van der Waals surface area contributed by atoms with Gasteiger partial charge in [-0.2, -0.15) is 0 Å². The first-order valence-corrected chi connectivity index (χ1v) is 8.38. The van der Waals surface area contributed by atoms with Crippen LogP contribution in [-0.4, -0.2) is 34.7 Å². The lowest BCUT2D eigenvalue weighted by molar-refractivity contribution is 0.0594. The highest BCUT2D eigenvalue weighted by molar-refractivity contribution is 5.85. The van der Waals surface area contributed by atoms with Gasteiger partial charge >= 0.3 is 0 Å². The van der Waals surface area contributed by atoms with E-state index < -0.39 is 0 Å². The maximum absolute atomic E-state index is 9.38. The first kappa shape index (κ1) is 14.0. The summed E-state index contributed by atoms with van der Waals surface area (Å²) in [5.74, 6) is 1.05. The number of fused-ring (bicyclic) bond motifs is 5. The van der Waals surface area contributed by atoms with E-state index in [0.717, 1.165) is 32.4 Å². The van der Waals surface area contributed by atoms with Gasteiger partial charge in [-0.1, -0.05) is 24.3 Å². The summed E-state index contributed by atoms with van der Waals surface area (Å²) in [5.41, 5.74) is 4.19. The number of aromatic amines is 1. The molecule has 22 heavy (non-hydrogen) atoms. The maximum Gasteiger partial charge on any atom is 0.0504 e. The standard InChI is InChI=1S/C19H24N2O/c1-2-13-12-21-9-7-16-15-5-3-4-6-17(15)20-19(16)18(21)11-14(13)8-10-22/h2-6,13-14,18,20,22H,1,7-12H2/t13-,14+,18+/m1/s1. The number of aromatic nitrogens is 1. The Morgan fingerprint density at radius 1 is 1.36 bits per heavy atom. The normalized spacial score (nSPS) is 28.3. The molecule has 2 aliphatic heterocycles. The quantitative estimate of drug-likeness (QED) is 0.853. The van der Waals surface area contributed by atoms with Gasteiger partial charge in [-0.05, 0) is 42.7 Å². The van der Waals surface area contributed by atoms with E-state index in [1.54, 1.807) is 0 Å². The van der Waals surface area contributed by atoms with Gasteiger partial charge in [0.15, 0.2) is 0 Å². The van der Waals surface area contributed by atoms with E-state index in [2.05, 4.69) is 46.8 Å². The molecule has 2 aliphatic rings. The second kappa shape index (κ2) is 5.56. The molecule has 116 valence electrons. The van der Waals surface area contributed by atoms with Crippen LogP contribution in [0.2, 0.25) is 0 Å². The average Bonchev–Trinajstić information content (AvgIpc) is 2.93. The highest BCUT2D eigenvalue weighted by Crippen LogP contribution is 2.43. The zero-order valence-corrected chi connectivity index (χ0v) is 13.0. The Kier molecular flexibility index (Phi) is 3.55. The number of nitrogens with one attached hydrogen (secondary N) is 1. The number of hydrogen-bond acceptors (Lipinski definition) is 2. The Hall–Kier alpha value is -1.58. The van der Waals surface area contributed by atoms with Crippen LogP contribution in [0.5, 0.6) is 0 Å². The molecule has 3 heterocycles. The molecule has 4 rings (SSSR count). The van der Waals surface area contributed by atoms with Crippen molar-refractivity contribution in [2.24, 2.45) is 11.8 Å². The van der Waals surface area contributed by atoms with Crippen LogP contribution in [-0.2, 0) is 6.42 Å². The first-order chi connectivity index (χ1) is 10.8. The van der Waals surface area contributed by atoms with Crippen molar-refractivity contribution >= 4 is 10.9 Å². The Balaban J connectivity index is 1.72. The summed E-state index contributed by atoms with van der Waals surface area (Å²) < 4.78 is 0.